The number of halogens is 1. The lowest BCUT2D eigenvalue weighted by molar-refractivity contribution is -0.0273. The number of hydrogen-bond acceptors (Lipinski definition) is 3. The second-order valence-electron chi connectivity index (χ2n) is 8.33. The van der Waals surface area contributed by atoms with Gasteiger partial charge in [-0.2, -0.15) is 0 Å². The summed E-state index contributed by atoms with van der Waals surface area (Å²) in [5.74, 6) is 0. The molecule has 0 radical (unpaired) electrons. The van der Waals surface area contributed by atoms with E-state index in [1.54, 1.807) is 0 Å². The highest BCUT2D eigenvalue weighted by atomic mass is 35.5. The Morgan fingerprint density at radius 3 is 2.59 bits per heavy atom. The van der Waals surface area contributed by atoms with E-state index in [2.05, 4.69) is 23.7 Å². The molecule has 2 fully saturated rings. The van der Waals surface area contributed by atoms with Crippen LogP contribution in [0.4, 0.5) is 0 Å². The summed E-state index contributed by atoms with van der Waals surface area (Å²) in [6.45, 7) is 7.41. The molecule has 5 nitrogen and oxygen atoms in total. The van der Waals surface area contributed by atoms with Crippen molar-refractivity contribution in [2.24, 2.45) is 0 Å². The van der Waals surface area contributed by atoms with Crippen molar-refractivity contribution < 1.29 is 4.74 Å². The third kappa shape index (κ3) is 3.69. The molecule has 1 aromatic carbocycles. The number of benzene rings is 1. The molecule has 1 saturated heterocycles. The van der Waals surface area contributed by atoms with Crippen LogP contribution in [0.2, 0.25) is 5.02 Å². The van der Waals surface area contributed by atoms with Crippen molar-refractivity contribution in [3.8, 4) is 0 Å². The van der Waals surface area contributed by atoms with Gasteiger partial charge in [0.15, 0.2) is 0 Å². The number of piperidine rings is 1. The molecule has 1 saturated carbocycles. The van der Waals surface area contributed by atoms with Gasteiger partial charge < -0.3 is 9.72 Å². The molecule has 2 aliphatic rings. The molecule has 0 bridgehead atoms. The van der Waals surface area contributed by atoms with E-state index >= 15 is 0 Å². The highest BCUT2D eigenvalue weighted by Crippen LogP contribution is 2.38. The number of imidazole rings is 1. The van der Waals surface area contributed by atoms with Crippen LogP contribution in [0.1, 0.15) is 58.4 Å². The summed E-state index contributed by atoms with van der Waals surface area (Å²) in [4.78, 5) is 18.1. The number of hydrogen-bond donors (Lipinski definition) is 1. The summed E-state index contributed by atoms with van der Waals surface area (Å²) in [5, 5.41) is 0.654. The Hall–Kier alpha value is -1.30. The van der Waals surface area contributed by atoms with Gasteiger partial charge in [0.05, 0.1) is 17.1 Å². The van der Waals surface area contributed by atoms with Crippen molar-refractivity contribution in [3.05, 3.63) is 33.7 Å². The minimum Gasteiger partial charge on any atom is -0.379 e. The molecule has 27 heavy (non-hydrogen) atoms. The summed E-state index contributed by atoms with van der Waals surface area (Å²) in [6, 6.07) is 5.91. The maximum absolute atomic E-state index is 12.5. The number of aromatic amines is 1. The quantitative estimate of drug-likeness (QED) is 0.842. The van der Waals surface area contributed by atoms with Gasteiger partial charge in [0, 0.05) is 36.3 Å². The highest BCUT2D eigenvalue weighted by Gasteiger charge is 2.38. The summed E-state index contributed by atoms with van der Waals surface area (Å²) in [6.07, 6.45) is 7.19. The van der Waals surface area contributed by atoms with Crippen molar-refractivity contribution in [1.29, 1.82) is 0 Å². The molecule has 1 aromatic heterocycles. The average molecular weight is 392 g/mol. The molecule has 1 aliphatic heterocycles. The third-order valence-electron chi connectivity index (χ3n) is 6.68. The molecular formula is C21H30ClN3O2. The van der Waals surface area contributed by atoms with Gasteiger partial charge in [0.25, 0.3) is 0 Å². The van der Waals surface area contributed by atoms with Crippen LogP contribution in [0.15, 0.2) is 23.0 Å². The molecule has 6 heteroatoms. The molecular weight excluding hydrogens is 362 g/mol. The summed E-state index contributed by atoms with van der Waals surface area (Å²) < 4.78 is 7.76. The van der Waals surface area contributed by atoms with Crippen LogP contribution in [0, 0.1) is 0 Å². The first-order valence-corrected chi connectivity index (χ1v) is 10.6. The lowest BCUT2D eigenvalue weighted by atomic mass is 9.79. The van der Waals surface area contributed by atoms with Gasteiger partial charge in [0.1, 0.15) is 0 Å². The van der Waals surface area contributed by atoms with E-state index in [-0.39, 0.29) is 17.3 Å². The van der Waals surface area contributed by atoms with Gasteiger partial charge in [-0.25, -0.2) is 4.79 Å². The molecule has 0 spiro atoms. The van der Waals surface area contributed by atoms with Crippen LogP contribution in [-0.4, -0.2) is 45.8 Å². The number of fused-ring (bicyclic) bond motifs is 1. The average Bonchev–Trinajstić information content (AvgIpc) is 2.99. The molecule has 0 amide bonds. The smallest absolute Gasteiger partial charge is 0.326 e. The third-order valence-corrected chi connectivity index (χ3v) is 6.92. The Labute approximate surface area is 165 Å². The van der Waals surface area contributed by atoms with Gasteiger partial charge in [0.2, 0.25) is 0 Å². The van der Waals surface area contributed by atoms with Gasteiger partial charge in [-0.15, -0.1) is 0 Å². The van der Waals surface area contributed by atoms with Crippen molar-refractivity contribution in [2.45, 2.75) is 70.1 Å². The molecule has 1 aliphatic carbocycles. The second-order valence-corrected chi connectivity index (χ2v) is 8.77. The number of nitrogens with one attached hydrogen (secondary N) is 1. The zero-order valence-corrected chi connectivity index (χ0v) is 17.1. The van der Waals surface area contributed by atoms with Gasteiger partial charge >= 0.3 is 5.69 Å². The maximum atomic E-state index is 12.5. The summed E-state index contributed by atoms with van der Waals surface area (Å²) >= 11 is 6.07. The Balaban J connectivity index is 1.44. The SMILES string of the molecule is CCO[C@H]1CC[C@](C)(N2CCC(n3c(=O)[nH]c4cc(Cl)ccc43)CC2)CC1. The first-order chi connectivity index (χ1) is 13.0. The standard InChI is InChI=1S/C21H30ClN3O2/c1-3-27-17-6-10-21(2,11-7-17)24-12-8-16(9-13-24)25-19-5-4-15(22)14-18(19)23-20(25)26/h4-5,14,16-17H,3,6-13H2,1-2H3,(H,23,26)/t17-,21-. The van der Waals surface area contributed by atoms with Crippen molar-refractivity contribution >= 4 is 22.6 Å². The van der Waals surface area contributed by atoms with E-state index in [1.807, 2.05) is 22.8 Å². The highest BCUT2D eigenvalue weighted by molar-refractivity contribution is 6.31. The van der Waals surface area contributed by atoms with E-state index in [9.17, 15) is 4.79 Å². The van der Waals surface area contributed by atoms with Gasteiger partial charge in [-0.3, -0.25) is 9.47 Å². The number of aromatic nitrogens is 2. The zero-order valence-electron chi connectivity index (χ0n) is 16.3. The van der Waals surface area contributed by atoms with Gasteiger partial charge in [-0.05, 0) is 70.6 Å². The Bertz CT molecular complexity index is 843. The lowest BCUT2D eigenvalue weighted by Crippen LogP contribution is -2.53. The van der Waals surface area contributed by atoms with E-state index < -0.39 is 0 Å². The fraction of sp³-hybridized carbons (Fsp3) is 0.667. The molecule has 0 unspecified atom stereocenters. The lowest BCUT2D eigenvalue weighted by Gasteiger charge is -2.48. The van der Waals surface area contributed by atoms with Crippen molar-refractivity contribution in [1.82, 2.24) is 14.5 Å². The first-order valence-electron chi connectivity index (χ1n) is 10.3. The topological polar surface area (TPSA) is 50.3 Å². The molecule has 0 atom stereocenters. The van der Waals surface area contributed by atoms with E-state index in [1.165, 1.54) is 12.8 Å². The maximum Gasteiger partial charge on any atom is 0.326 e. The minimum atomic E-state index is -0.0193. The Morgan fingerprint density at radius 1 is 1.22 bits per heavy atom. The normalized spacial score (nSPS) is 28.0. The van der Waals surface area contributed by atoms with Crippen LogP contribution in [0.3, 0.4) is 0 Å². The predicted octanol–water partition coefficient (Wildman–Crippen LogP) is 4.36. The van der Waals surface area contributed by atoms with Gasteiger partial charge in [-0.1, -0.05) is 11.6 Å². The fourth-order valence-corrected chi connectivity index (χ4v) is 5.23. The van der Waals surface area contributed by atoms with Crippen molar-refractivity contribution in [2.75, 3.05) is 19.7 Å². The number of rotatable bonds is 4. The summed E-state index contributed by atoms with van der Waals surface area (Å²) in [5.41, 5.74) is 2.05. The summed E-state index contributed by atoms with van der Waals surface area (Å²) in [7, 11) is 0. The fourth-order valence-electron chi connectivity index (χ4n) is 5.06. The van der Waals surface area contributed by atoms with Crippen LogP contribution in [-0.2, 0) is 4.74 Å². The molecule has 4 rings (SSSR count). The van der Waals surface area contributed by atoms with Crippen LogP contribution >= 0.6 is 11.6 Å². The predicted molar refractivity (Wildman–Crippen MR) is 110 cm³/mol. The number of nitrogens with zero attached hydrogens (tertiary/aromatic N) is 2. The van der Waals surface area contributed by atoms with E-state index in [0.717, 1.165) is 56.4 Å². The second kappa shape index (κ2) is 7.61. The van der Waals surface area contributed by atoms with E-state index in [0.29, 0.717) is 11.1 Å². The molecule has 148 valence electrons. The molecule has 2 aromatic rings. The largest absolute Gasteiger partial charge is 0.379 e. The first kappa shape index (κ1) is 19.0. The molecule has 2 heterocycles. The zero-order chi connectivity index (χ0) is 19.0. The Kier molecular flexibility index (Phi) is 5.36. The molecule has 1 N–H and O–H groups in total. The van der Waals surface area contributed by atoms with Crippen molar-refractivity contribution in [3.63, 3.8) is 0 Å². The van der Waals surface area contributed by atoms with Crippen LogP contribution < -0.4 is 5.69 Å². The monoisotopic (exact) mass is 391 g/mol. The number of H-pyrrole nitrogens is 1. The van der Waals surface area contributed by atoms with Crippen LogP contribution in [0.5, 0.6) is 0 Å². The van der Waals surface area contributed by atoms with E-state index in [4.69, 9.17) is 16.3 Å². The number of ether oxygens (including phenoxy) is 1. The minimum absolute atomic E-state index is 0.0193. The Morgan fingerprint density at radius 2 is 1.93 bits per heavy atom. The number of likely N-dealkylation sites (tertiary alicyclic amines) is 1. The van der Waals surface area contributed by atoms with Crippen LogP contribution in [0.25, 0.3) is 11.0 Å².